The molecule has 0 saturated carbocycles. The molecule has 0 aromatic heterocycles. The molecule has 0 spiro atoms. The zero-order valence-corrected chi connectivity index (χ0v) is 16.7. The van der Waals surface area contributed by atoms with Crippen molar-refractivity contribution in [3.05, 3.63) is 71.3 Å². The zero-order valence-electron chi connectivity index (χ0n) is 16.7. The van der Waals surface area contributed by atoms with Crippen LogP contribution in [0.5, 0.6) is 0 Å². The molecular formula is C24H17N5O2. The minimum atomic E-state index is -2.03. The Morgan fingerprint density at radius 2 is 1.58 bits per heavy atom. The van der Waals surface area contributed by atoms with E-state index < -0.39 is 34.5 Å². The maximum Gasteiger partial charge on any atom is 0.215 e. The van der Waals surface area contributed by atoms with E-state index in [1.807, 2.05) is 48.5 Å². The summed E-state index contributed by atoms with van der Waals surface area (Å²) in [7, 11) is 0. The minimum Gasteiger partial charge on any atom is -0.448 e. The van der Waals surface area contributed by atoms with Crippen LogP contribution in [0.25, 0.3) is 0 Å². The molecule has 31 heavy (non-hydrogen) atoms. The van der Waals surface area contributed by atoms with Gasteiger partial charge in [-0.25, -0.2) is 0 Å². The van der Waals surface area contributed by atoms with Crippen LogP contribution in [0.3, 0.4) is 0 Å². The number of nitrogens with zero attached hydrogens (tertiary/aromatic N) is 4. The third-order valence-electron chi connectivity index (χ3n) is 6.34. The maximum absolute atomic E-state index is 10.4. The van der Waals surface area contributed by atoms with Crippen molar-refractivity contribution in [1.29, 1.82) is 26.5 Å². The third-order valence-corrected chi connectivity index (χ3v) is 6.34. The van der Waals surface area contributed by atoms with Gasteiger partial charge < -0.3 is 9.47 Å². The smallest absolute Gasteiger partial charge is 0.215 e. The van der Waals surface area contributed by atoms with Crippen LogP contribution < -0.4 is 0 Å². The Hall–Kier alpha value is -4.17. The Bertz CT molecular complexity index is 1200. The first-order valence-electron chi connectivity index (χ1n) is 9.64. The Balaban J connectivity index is 1.93. The lowest BCUT2D eigenvalue weighted by atomic mass is 9.52. The van der Waals surface area contributed by atoms with E-state index >= 15 is 0 Å². The summed E-state index contributed by atoms with van der Waals surface area (Å²) in [5, 5.41) is 48.5. The van der Waals surface area contributed by atoms with E-state index in [1.165, 1.54) is 0 Å². The van der Waals surface area contributed by atoms with Gasteiger partial charge in [0.15, 0.2) is 5.41 Å². The quantitative estimate of drug-likeness (QED) is 0.822. The van der Waals surface area contributed by atoms with Crippen molar-refractivity contribution in [2.24, 2.45) is 16.7 Å². The molecule has 150 valence electrons. The van der Waals surface area contributed by atoms with Crippen molar-refractivity contribution in [3.8, 4) is 24.3 Å². The van der Waals surface area contributed by atoms with Crippen LogP contribution in [0.2, 0.25) is 0 Å². The van der Waals surface area contributed by atoms with Gasteiger partial charge in [0.1, 0.15) is 6.10 Å². The van der Waals surface area contributed by atoms with Crippen LogP contribution in [-0.4, -0.2) is 11.7 Å². The van der Waals surface area contributed by atoms with E-state index in [4.69, 9.17) is 20.1 Å². The Kier molecular flexibility index (Phi) is 4.52. The van der Waals surface area contributed by atoms with E-state index in [2.05, 4.69) is 6.07 Å². The summed E-state index contributed by atoms with van der Waals surface area (Å²) in [5.74, 6) is -2.58. The van der Waals surface area contributed by atoms with Gasteiger partial charge in [-0.15, -0.1) is 0 Å². The van der Waals surface area contributed by atoms with Gasteiger partial charge in [0.25, 0.3) is 0 Å². The molecule has 4 rings (SSSR count). The molecule has 2 aromatic rings. The highest BCUT2D eigenvalue weighted by Gasteiger charge is 2.79. The van der Waals surface area contributed by atoms with E-state index in [0.29, 0.717) is 17.5 Å². The van der Waals surface area contributed by atoms with Crippen molar-refractivity contribution in [3.63, 3.8) is 0 Å². The second-order valence-electron chi connectivity index (χ2n) is 7.87. The zero-order chi connectivity index (χ0) is 22.3. The number of rotatable bonds is 3. The molecule has 0 radical (unpaired) electrons. The normalized spacial score (nSPS) is 30.2. The predicted octanol–water partition coefficient (Wildman–Crippen LogP) is 3.76. The first-order chi connectivity index (χ1) is 14.9. The predicted molar refractivity (Wildman–Crippen MR) is 108 cm³/mol. The molecule has 1 N–H and O–H groups in total. The largest absolute Gasteiger partial charge is 0.448 e. The summed E-state index contributed by atoms with van der Waals surface area (Å²) >= 11 is 0. The average molecular weight is 407 g/mol. The lowest BCUT2D eigenvalue weighted by Crippen LogP contribution is -2.59. The van der Waals surface area contributed by atoms with Gasteiger partial charge in [-0.05, 0) is 29.7 Å². The van der Waals surface area contributed by atoms with Gasteiger partial charge >= 0.3 is 0 Å². The molecule has 2 bridgehead atoms. The Morgan fingerprint density at radius 1 is 0.935 bits per heavy atom. The minimum absolute atomic E-state index is 0.290. The van der Waals surface area contributed by atoms with E-state index in [-0.39, 0.29) is 0 Å². The van der Waals surface area contributed by atoms with E-state index in [0.717, 1.165) is 5.56 Å². The summed E-state index contributed by atoms with van der Waals surface area (Å²) in [6.45, 7) is 1.64. The van der Waals surface area contributed by atoms with E-state index in [1.54, 1.807) is 31.2 Å². The van der Waals surface area contributed by atoms with Crippen molar-refractivity contribution < 1.29 is 9.47 Å². The number of nitrogens with one attached hydrogen (secondary N) is 1. The van der Waals surface area contributed by atoms with Gasteiger partial charge in [-0.2, -0.15) is 21.0 Å². The molecule has 0 amide bonds. The fourth-order valence-corrected chi connectivity index (χ4v) is 4.77. The van der Waals surface area contributed by atoms with Gasteiger partial charge in [0.05, 0.1) is 35.8 Å². The average Bonchev–Trinajstić information content (AvgIpc) is 2.96. The molecular weight excluding hydrogens is 390 g/mol. The highest BCUT2D eigenvalue weighted by Crippen LogP contribution is 2.66. The summed E-state index contributed by atoms with van der Waals surface area (Å²) < 4.78 is 12.1. The van der Waals surface area contributed by atoms with Crippen LogP contribution in [0.1, 0.15) is 29.7 Å². The van der Waals surface area contributed by atoms with Crippen LogP contribution in [0.4, 0.5) is 0 Å². The number of hydrogen-bond acceptors (Lipinski definition) is 7. The molecule has 2 aliphatic heterocycles. The van der Waals surface area contributed by atoms with Gasteiger partial charge in [-0.3, -0.25) is 5.41 Å². The van der Waals surface area contributed by atoms with Crippen LogP contribution in [0.15, 0.2) is 54.6 Å². The molecule has 2 aliphatic rings. The summed E-state index contributed by atoms with van der Waals surface area (Å²) in [5.41, 5.74) is -2.11. The lowest BCUT2D eigenvalue weighted by molar-refractivity contribution is -0.272. The first kappa shape index (κ1) is 20.1. The molecule has 2 heterocycles. The van der Waals surface area contributed by atoms with Gasteiger partial charge in [-0.1, -0.05) is 42.5 Å². The second kappa shape index (κ2) is 6.96. The van der Waals surface area contributed by atoms with Crippen molar-refractivity contribution in [2.45, 2.75) is 25.2 Å². The van der Waals surface area contributed by atoms with Gasteiger partial charge in [0.2, 0.25) is 17.1 Å². The monoisotopic (exact) mass is 407 g/mol. The third kappa shape index (κ3) is 2.55. The van der Waals surface area contributed by atoms with Crippen LogP contribution in [-0.2, 0) is 15.9 Å². The number of fused-ring (bicyclic) bond motifs is 2. The van der Waals surface area contributed by atoms with Crippen molar-refractivity contribution in [1.82, 2.24) is 0 Å². The fourth-order valence-electron chi connectivity index (χ4n) is 4.77. The number of hydrogen-bond donors (Lipinski definition) is 1. The molecule has 7 heteroatoms. The summed E-state index contributed by atoms with van der Waals surface area (Å²) in [4.78, 5) is 0. The Labute approximate surface area is 179 Å². The number of nitriles is 4. The molecule has 0 aliphatic carbocycles. The van der Waals surface area contributed by atoms with Crippen LogP contribution >= 0.6 is 0 Å². The van der Waals surface area contributed by atoms with E-state index in [9.17, 15) is 15.8 Å². The SMILES string of the molecule is CC12OC(=N)C(C#N)(C1Cc1ccccc1)C(C#N)(C#N)C(c1ccc(C#N)cc1)O2. The highest BCUT2D eigenvalue weighted by atomic mass is 16.7. The standard InChI is InChI=1S/C24H17N5O2/c1-22-19(11-16-5-3-2-4-6-16)24(15-28,21(29)31-22)23(13-26,14-27)20(30-22)18-9-7-17(12-25)8-10-18/h2-10,19-20,29H,11H2,1H3. The summed E-state index contributed by atoms with van der Waals surface area (Å²) in [6, 6.07) is 23.9. The molecule has 4 atom stereocenters. The molecule has 4 unspecified atom stereocenters. The second-order valence-corrected chi connectivity index (χ2v) is 7.87. The van der Waals surface area contributed by atoms with Crippen molar-refractivity contribution >= 4 is 5.90 Å². The Morgan fingerprint density at radius 3 is 2.13 bits per heavy atom. The fraction of sp³-hybridized carbons (Fsp3) is 0.292. The number of benzene rings is 2. The number of ether oxygens (including phenoxy) is 2. The topological polar surface area (TPSA) is 137 Å². The maximum atomic E-state index is 10.4. The molecule has 2 saturated heterocycles. The highest BCUT2D eigenvalue weighted by molar-refractivity contribution is 5.89. The first-order valence-corrected chi connectivity index (χ1v) is 9.64. The van der Waals surface area contributed by atoms with Gasteiger partial charge in [0, 0.05) is 6.92 Å². The molecule has 7 nitrogen and oxygen atoms in total. The molecule has 2 fully saturated rings. The summed E-state index contributed by atoms with van der Waals surface area (Å²) in [6.07, 6.45) is -0.854. The lowest BCUT2D eigenvalue weighted by Gasteiger charge is -2.48. The van der Waals surface area contributed by atoms with Crippen LogP contribution in [0, 0.1) is 67.5 Å². The van der Waals surface area contributed by atoms with Crippen molar-refractivity contribution in [2.75, 3.05) is 0 Å². The molecule has 2 aromatic carbocycles.